The number of phosphoric acid groups is 2. The third-order valence-electron chi connectivity index (χ3n) is 8.87. The van der Waals surface area contributed by atoms with Crippen LogP contribution in [0.25, 0.3) is 0 Å². The molecule has 0 aromatic rings. The number of aliphatic hydroxyl groups excluding tert-OH is 1. The van der Waals surface area contributed by atoms with Crippen molar-refractivity contribution in [3.8, 4) is 0 Å². The molecule has 0 spiro atoms. The summed E-state index contributed by atoms with van der Waals surface area (Å²) in [7, 11) is -9.70. The normalized spacial score (nSPS) is 18.9. The van der Waals surface area contributed by atoms with Gasteiger partial charge in [-0.25, -0.2) is 9.13 Å². The highest BCUT2D eigenvalue weighted by atomic mass is 31.2. The monoisotopic (exact) mass is 848 g/mol. The molecule has 0 aromatic carbocycles. The van der Waals surface area contributed by atoms with Gasteiger partial charge < -0.3 is 34.0 Å². The summed E-state index contributed by atoms with van der Waals surface area (Å²) < 4.78 is 53.2. The summed E-state index contributed by atoms with van der Waals surface area (Å²) in [5.74, 6) is -0.399. The van der Waals surface area contributed by atoms with Crippen molar-refractivity contribution >= 4 is 27.6 Å². The molecule has 1 heterocycles. The first-order chi connectivity index (χ1) is 27.2. The van der Waals surface area contributed by atoms with Crippen LogP contribution in [-0.4, -0.2) is 82.6 Å². The first-order valence-corrected chi connectivity index (χ1v) is 23.5. The van der Waals surface area contributed by atoms with Crippen LogP contribution >= 0.6 is 15.6 Å². The Balaban J connectivity index is 2.43. The number of epoxide rings is 1. The highest BCUT2D eigenvalue weighted by Gasteiger charge is 2.36. The van der Waals surface area contributed by atoms with E-state index in [0.717, 1.165) is 57.3 Å². The topological polar surface area (TPSA) is 208 Å². The van der Waals surface area contributed by atoms with Crippen molar-refractivity contribution < 1.29 is 66.3 Å². The lowest BCUT2D eigenvalue weighted by atomic mass is 10.00. The molecule has 0 aromatic heterocycles. The summed E-state index contributed by atoms with van der Waals surface area (Å²) in [6.07, 6.45) is 33.0. The standard InChI is InChI=1S/C41H70O14P2/c1-4-6-21-27-38-39(55-38)28-23-18-13-11-9-7-8-10-12-14-20-25-30-41(44)54-37(34-53-57(48,49)52-32-36(42)31-51-56(45,46)47)33-50-40(43)29-24-19-16-15-17-22-26-35(3)5-2/h6,8-11,14,18,20-21,23,35-39,42H,4-5,7,12-13,15-17,19,22,24-34H2,1-3H3,(H,48,49)(H2,45,46,47)/b10-8-,11-9-,20-14-,21-6-,23-18-/t35?,36-,37+,38?,39?/m0/s1. The zero-order valence-corrected chi connectivity index (χ0v) is 36.1. The number of carbonyl (C=O) groups is 2. The van der Waals surface area contributed by atoms with Crippen molar-refractivity contribution in [2.45, 2.75) is 154 Å². The smallest absolute Gasteiger partial charge is 0.462 e. The van der Waals surface area contributed by atoms with Crippen molar-refractivity contribution in [3.05, 3.63) is 60.8 Å². The van der Waals surface area contributed by atoms with E-state index in [1.54, 1.807) is 0 Å². The Kier molecular flexibility index (Phi) is 30.2. The quantitative estimate of drug-likeness (QED) is 0.0153. The molecule has 6 atom stereocenters. The largest absolute Gasteiger partial charge is 0.472 e. The summed E-state index contributed by atoms with van der Waals surface area (Å²) in [4.78, 5) is 52.5. The Bertz CT molecular complexity index is 1320. The Morgan fingerprint density at radius 1 is 0.667 bits per heavy atom. The first-order valence-electron chi connectivity index (χ1n) is 20.5. The van der Waals surface area contributed by atoms with Crippen LogP contribution in [0.2, 0.25) is 0 Å². The number of ether oxygens (including phenoxy) is 3. The van der Waals surface area contributed by atoms with Gasteiger partial charge in [0.1, 0.15) is 12.7 Å². The number of unbranched alkanes of at least 4 members (excludes halogenated alkanes) is 5. The van der Waals surface area contributed by atoms with Gasteiger partial charge in [0.15, 0.2) is 6.10 Å². The molecule has 0 saturated carbocycles. The van der Waals surface area contributed by atoms with Gasteiger partial charge in [0.25, 0.3) is 0 Å². The van der Waals surface area contributed by atoms with Crippen molar-refractivity contribution in [3.63, 3.8) is 0 Å². The van der Waals surface area contributed by atoms with Crippen molar-refractivity contribution in [1.82, 2.24) is 0 Å². The van der Waals surface area contributed by atoms with Gasteiger partial charge >= 0.3 is 27.6 Å². The lowest BCUT2D eigenvalue weighted by molar-refractivity contribution is -0.161. The third kappa shape index (κ3) is 33.3. The minimum atomic E-state index is -4.87. The Morgan fingerprint density at radius 3 is 1.82 bits per heavy atom. The molecule has 0 amide bonds. The van der Waals surface area contributed by atoms with E-state index in [1.807, 2.05) is 18.2 Å². The van der Waals surface area contributed by atoms with Gasteiger partial charge in [0.05, 0.1) is 32.0 Å². The highest BCUT2D eigenvalue weighted by Crippen LogP contribution is 2.43. The van der Waals surface area contributed by atoms with Gasteiger partial charge in [0, 0.05) is 12.8 Å². The van der Waals surface area contributed by atoms with Crippen LogP contribution in [0.4, 0.5) is 0 Å². The maximum atomic E-state index is 12.6. The van der Waals surface area contributed by atoms with E-state index >= 15 is 0 Å². The lowest BCUT2D eigenvalue weighted by Crippen LogP contribution is -2.29. The molecular formula is C41H70O14P2. The van der Waals surface area contributed by atoms with Crippen LogP contribution in [0.15, 0.2) is 60.8 Å². The maximum Gasteiger partial charge on any atom is 0.472 e. The van der Waals surface area contributed by atoms with Crippen LogP contribution in [0.3, 0.4) is 0 Å². The molecule has 1 aliphatic rings. The number of rotatable bonds is 36. The molecule has 0 bridgehead atoms. The number of hydrogen-bond acceptors (Lipinski definition) is 11. The summed E-state index contributed by atoms with van der Waals surface area (Å²) in [6, 6.07) is 0. The second-order valence-corrected chi connectivity index (χ2v) is 16.9. The summed E-state index contributed by atoms with van der Waals surface area (Å²) in [6.45, 7) is 3.78. The number of carbonyl (C=O) groups excluding carboxylic acids is 2. The van der Waals surface area contributed by atoms with Crippen LogP contribution in [-0.2, 0) is 46.5 Å². The summed E-state index contributed by atoms with van der Waals surface area (Å²) in [5, 5.41) is 9.72. The molecule has 4 unspecified atom stereocenters. The molecule has 57 heavy (non-hydrogen) atoms. The van der Waals surface area contributed by atoms with Gasteiger partial charge in [-0.05, 0) is 57.3 Å². The van der Waals surface area contributed by atoms with E-state index < -0.39 is 66.2 Å². The maximum absolute atomic E-state index is 12.6. The number of esters is 2. The molecule has 1 saturated heterocycles. The predicted octanol–water partition coefficient (Wildman–Crippen LogP) is 8.90. The Morgan fingerprint density at radius 2 is 1.21 bits per heavy atom. The van der Waals surface area contributed by atoms with Gasteiger partial charge in [-0.15, -0.1) is 0 Å². The fraction of sp³-hybridized carbons (Fsp3) is 0.707. The fourth-order valence-corrected chi connectivity index (χ4v) is 6.43. The molecule has 1 fully saturated rings. The first kappa shape index (κ1) is 52.8. The van der Waals surface area contributed by atoms with E-state index in [1.165, 1.54) is 25.7 Å². The molecule has 14 nitrogen and oxygen atoms in total. The van der Waals surface area contributed by atoms with Crippen molar-refractivity contribution in [2.75, 3.05) is 26.4 Å². The van der Waals surface area contributed by atoms with Crippen molar-refractivity contribution in [1.29, 1.82) is 0 Å². The molecule has 1 aliphatic heterocycles. The molecular weight excluding hydrogens is 778 g/mol. The molecule has 0 aliphatic carbocycles. The predicted molar refractivity (Wildman–Crippen MR) is 220 cm³/mol. The molecule has 4 N–H and O–H groups in total. The lowest BCUT2D eigenvalue weighted by Gasteiger charge is -2.20. The van der Waals surface area contributed by atoms with Gasteiger partial charge in [-0.3, -0.25) is 23.2 Å². The van der Waals surface area contributed by atoms with Gasteiger partial charge in [-0.2, -0.15) is 0 Å². The van der Waals surface area contributed by atoms with E-state index in [2.05, 4.69) is 72.4 Å². The fourth-order valence-electron chi connectivity index (χ4n) is 5.27. The van der Waals surface area contributed by atoms with Crippen LogP contribution in [0.5, 0.6) is 0 Å². The summed E-state index contributed by atoms with van der Waals surface area (Å²) in [5.41, 5.74) is 0. The molecule has 1 rings (SSSR count). The number of allylic oxidation sites excluding steroid dienone is 8. The minimum Gasteiger partial charge on any atom is -0.462 e. The van der Waals surface area contributed by atoms with Gasteiger partial charge in [0.2, 0.25) is 0 Å². The molecule has 328 valence electrons. The highest BCUT2D eigenvalue weighted by molar-refractivity contribution is 7.47. The number of hydrogen-bond donors (Lipinski definition) is 4. The zero-order valence-electron chi connectivity index (χ0n) is 34.3. The second kappa shape index (κ2) is 32.6. The molecule has 0 radical (unpaired) electrons. The van der Waals surface area contributed by atoms with Crippen molar-refractivity contribution in [2.24, 2.45) is 5.92 Å². The average molecular weight is 849 g/mol. The third-order valence-corrected chi connectivity index (χ3v) is 10.3. The van der Waals surface area contributed by atoms with E-state index in [-0.39, 0.29) is 12.8 Å². The van der Waals surface area contributed by atoms with Crippen LogP contribution < -0.4 is 0 Å². The van der Waals surface area contributed by atoms with Crippen LogP contribution in [0.1, 0.15) is 130 Å². The number of aliphatic hydroxyl groups is 1. The number of phosphoric ester groups is 2. The Hall–Kier alpha value is -2.22. The second-order valence-electron chi connectivity index (χ2n) is 14.2. The summed E-state index contributed by atoms with van der Waals surface area (Å²) >= 11 is 0. The van der Waals surface area contributed by atoms with Crippen LogP contribution in [0, 0.1) is 5.92 Å². The zero-order chi connectivity index (χ0) is 42.2. The van der Waals surface area contributed by atoms with E-state index in [0.29, 0.717) is 31.5 Å². The van der Waals surface area contributed by atoms with E-state index in [4.69, 9.17) is 28.5 Å². The SMILES string of the molecule is CC/C=C\CC1OC1C/C=C\C/C=C\C/C=C\C/C=C\CCC(=O)O[C@H](COC(=O)CCCCCCCCC(C)CC)COP(=O)(O)OC[C@@H](O)COP(=O)(O)O. The minimum absolute atomic E-state index is 0.000749. The van der Waals surface area contributed by atoms with E-state index in [9.17, 15) is 28.7 Å². The Labute approximate surface area is 340 Å². The van der Waals surface area contributed by atoms with Gasteiger partial charge in [-0.1, -0.05) is 126 Å². The average Bonchev–Trinajstić information content (AvgIpc) is 3.92. The molecule has 16 heteroatoms.